The van der Waals surface area contributed by atoms with Crippen LogP contribution in [0, 0.1) is 0 Å². The molecular formula is C13H30N4O5. The minimum absolute atomic E-state index is 0.497. The lowest BCUT2D eigenvalue weighted by Crippen LogP contribution is -2.31. The van der Waals surface area contributed by atoms with Crippen molar-refractivity contribution in [3.05, 3.63) is 0 Å². The summed E-state index contributed by atoms with van der Waals surface area (Å²) in [6.45, 7) is 1.51. The highest BCUT2D eigenvalue weighted by atomic mass is 17.1. The minimum Gasteiger partial charge on any atom is -0.480 e. The lowest BCUT2D eigenvalue weighted by Gasteiger charge is -2.05. The lowest BCUT2D eigenvalue weighted by molar-refractivity contribution is -0.235. The SMILES string of the molecule is CNCCCC[C@H](N)C(=O)O.NCCCC[C@H](N)C(=O)OO. The van der Waals surface area contributed by atoms with E-state index in [-0.39, 0.29) is 0 Å². The molecule has 2 atom stereocenters. The number of hydrogen-bond acceptors (Lipinski definition) is 8. The summed E-state index contributed by atoms with van der Waals surface area (Å²) in [6.07, 6.45) is 4.51. The summed E-state index contributed by atoms with van der Waals surface area (Å²) in [5.41, 5.74) is 15.8. The Labute approximate surface area is 131 Å². The van der Waals surface area contributed by atoms with Crippen molar-refractivity contribution in [1.29, 1.82) is 0 Å². The fraction of sp³-hybridized carbons (Fsp3) is 0.846. The third kappa shape index (κ3) is 15.1. The van der Waals surface area contributed by atoms with Crippen molar-refractivity contribution in [2.24, 2.45) is 17.2 Å². The van der Waals surface area contributed by atoms with E-state index in [0.717, 1.165) is 32.2 Å². The van der Waals surface area contributed by atoms with Gasteiger partial charge in [0, 0.05) is 0 Å². The topological polar surface area (TPSA) is 174 Å². The van der Waals surface area contributed by atoms with Crippen LogP contribution in [0.4, 0.5) is 0 Å². The lowest BCUT2D eigenvalue weighted by atomic mass is 10.1. The maximum atomic E-state index is 10.5. The van der Waals surface area contributed by atoms with Crippen LogP contribution in [-0.4, -0.2) is 54.5 Å². The average molecular weight is 322 g/mol. The quantitative estimate of drug-likeness (QED) is 0.162. The Kier molecular flexibility index (Phi) is 16.9. The van der Waals surface area contributed by atoms with Crippen molar-refractivity contribution >= 4 is 11.9 Å². The van der Waals surface area contributed by atoms with E-state index in [4.69, 9.17) is 27.6 Å². The van der Waals surface area contributed by atoms with Crippen molar-refractivity contribution in [3.63, 3.8) is 0 Å². The number of nitrogens with two attached hydrogens (primary N) is 3. The number of nitrogens with one attached hydrogen (secondary N) is 1. The van der Waals surface area contributed by atoms with Gasteiger partial charge in [0.2, 0.25) is 0 Å². The fourth-order valence-corrected chi connectivity index (χ4v) is 1.48. The van der Waals surface area contributed by atoms with E-state index in [1.54, 1.807) is 0 Å². The first-order valence-corrected chi connectivity index (χ1v) is 7.34. The van der Waals surface area contributed by atoms with Gasteiger partial charge in [0.05, 0.1) is 0 Å². The first-order chi connectivity index (χ1) is 10.4. The van der Waals surface area contributed by atoms with Crippen LogP contribution >= 0.6 is 0 Å². The molecule has 0 heterocycles. The van der Waals surface area contributed by atoms with Gasteiger partial charge in [-0.05, 0) is 45.8 Å². The Balaban J connectivity index is 0. The molecule has 0 aliphatic carbocycles. The number of rotatable bonds is 11. The van der Waals surface area contributed by atoms with Crippen molar-refractivity contribution < 1.29 is 24.8 Å². The standard InChI is InChI=1S/C7H16N2O2.C6H14N2O3/c1-9-5-3-2-4-6(8)7(10)11;7-4-2-1-3-5(8)6(9)11-10/h6,9H,2-5,8H2,1H3,(H,10,11);5,10H,1-4,7-8H2/t6-;5-/m00/s1. The predicted molar refractivity (Wildman–Crippen MR) is 83.0 cm³/mol. The molecule has 0 fully saturated rings. The number of aliphatic carboxylic acids is 1. The van der Waals surface area contributed by atoms with Crippen molar-refractivity contribution in [1.82, 2.24) is 5.32 Å². The van der Waals surface area contributed by atoms with Gasteiger partial charge in [-0.25, -0.2) is 4.79 Å². The predicted octanol–water partition coefficient (Wildman–Crippen LogP) is -0.753. The van der Waals surface area contributed by atoms with Crippen LogP contribution < -0.4 is 22.5 Å². The summed E-state index contributed by atoms with van der Waals surface area (Å²) < 4.78 is 0. The van der Waals surface area contributed by atoms with Crippen LogP contribution in [0.2, 0.25) is 0 Å². The molecule has 0 saturated carbocycles. The molecule has 0 aromatic carbocycles. The molecule has 0 unspecified atom stereocenters. The molecular weight excluding hydrogens is 292 g/mol. The zero-order chi connectivity index (χ0) is 17.4. The number of carboxylic acids is 1. The van der Waals surface area contributed by atoms with Crippen LogP contribution in [0.1, 0.15) is 38.5 Å². The highest BCUT2D eigenvalue weighted by Crippen LogP contribution is 1.99. The monoisotopic (exact) mass is 322 g/mol. The van der Waals surface area contributed by atoms with E-state index in [1.165, 1.54) is 0 Å². The van der Waals surface area contributed by atoms with Gasteiger partial charge in [-0.1, -0.05) is 12.8 Å². The van der Waals surface area contributed by atoms with Crippen LogP contribution in [0.5, 0.6) is 0 Å². The van der Waals surface area contributed by atoms with Crippen LogP contribution in [-0.2, 0) is 14.5 Å². The fourth-order valence-electron chi connectivity index (χ4n) is 1.48. The van der Waals surface area contributed by atoms with Crippen molar-refractivity contribution in [3.8, 4) is 0 Å². The van der Waals surface area contributed by atoms with Gasteiger partial charge in [-0.15, -0.1) is 0 Å². The summed E-state index contributed by atoms with van der Waals surface area (Å²) in [7, 11) is 1.87. The van der Waals surface area contributed by atoms with Gasteiger partial charge in [0.25, 0.3) is 0 Å². The molecule has 0 spiro atoms. The normalized spacial score (nSPS) is 12.8. The molecule has 0 aliphatic rings. The van der Waals surface area contributed by atoms with E-state index in [2.05, 4.69) is 10.2 Å². The summed E-state index contributed by atoms with van der Waals surface area (Å²) in [5, 5.41) is 19.3. The molecule has 0 bridgehead atoms. The Morgan fingerprint density at radius 2 is 1.64 bits per heavy atom. The summed E-state index contributed by atoms with van der Waals surface area (Å²) in [6, 6.07) is -1.42. The zero-order valence-corrected chi connectivity index (χ0v) is 13.2. The molecule has 0 rings (SSSR count). The second kappa shape index (κ2) is 16.1. The molecule has 132 valence electrons. The Hall–Kier alpha value is -1.26. The minimum atomic E-state index is -0.908. The number of carbonyl (C=O) groups is 2. The van der Waals surface area contributed by atoms with Gasteiger partial charge in [-0.3, -0.25) is 9.68 Å². The number of carbonyl (C=O) groups excluding carboxylic acids is 1. The molecule has 0 aliphatic heterocycles. The van der Waals surface area contributed by atoms with Crippen LogP contribution in [0.15, 0.2) is 0 Å². The average Bonchev–Trinajstić information content (AvgIpc) is 2.51. The molecule has 0 aromatic rings. The Bertz CT molecular complexity index is 292. The number of hydrogen-bond donors (Lipinski definition) is 6. The third-order valence-corrected chi connectivity index (χ3v) is 2.87. The largest absolute Gasteiger partial charge is 0.480 e. The van der Waals surface area contributed by atoms with Crippen LogP contribution in [0.3, 0.4) is 0 Å². The van der Waals surface area contributed by atoms with E-state index in [0.29, 0.717) is 19.4 Å². The highest BCUT2D eigenvalue weighted by molar-refractivity contribution is 5.74. The summed E-state index contributed by atoms with van der Waals surface area (Å²) in [5.74, 6) is -1.70. The molecule has 0 radical (unpaired) electrons. The molecule has 9 N–H and O–H groups in total. The van der Waals surface area contributed by atoms with E-state index < -0.39 is 24.0 Å². The molecule has 9 heteroatoms. The van der Waals surface area contributed by atoms with Gasteiger partial charge < -0.3 is 27.6 Å². The molecule has 9 nitrogen and oxygen atoms in total. The first-order valence-electron chi connectivity index (χ1n) is 7.34. The van der Waals surface area contributed by atoms with Crippen molar-refractivity contribution in [2.75, 3.05) is 20.1 Å². The van der Waals surface area contributed by atoms with E-state index in [9.17, 15) is 9.59 Å². The molecule has 0 amide bonds. The maximum Gasteiger partial charge on any atom is 0.358 e. The van der Waals surface area contributed by atoms with E-state index >= 15 is 0 Å². The van der Waals surface area contributed by atoms with Gasteiger partial charge in [-0.2, -0.15) is 5.26 Å². The summed E-state index contributed by atoms with van der Waals surface area (Å²) in [4.78, 5) is 24.1. The van der Waals surface area contributed by atoms with Gasteiger partial charge in [0.15, 0.2) is 0 Å². The van der Waals surface area contributed by atoms with Gasteiger partial charge in [0.1, 0.15) is 12.1 Å². The summed E-state index contributed by atoms with van der Waals surface area (Å²) >= 11 is 0. The Morgan fingerprint density at radius 1 is 1.09 bits per heavy atom. The Morgan fingerprint density at radius 3 is 2.09 bits per heavy atom. The maximum absolute atomic E-state index is 10.5. The third-order valence-electron chi connectivity index (χ3n) is 2.87. The number of unbranched alkanes of at least 4 members (excludes halogenated alkanes) is 2. The van der Waals surface area contributed by atoms with Crippen molar-refractivity contribution in [2.45, 2.75) is 50.6 Å². The molecule has 0 aromatic heterocycles. The van der Waals surface area contributed by atoms with Gasteiger partial charge >= 0.3 is 11.9 Å². The molecule has 0 saturated heterocycles. The second-order valence-corrected chi connectivity index (χ2v) is 4.85. The first kappa shape index (κ1) is 23.0. The highest BCUT2D eigenvalue weighted by Gasteiger charge is 2.13. The smallest absolute Gasteiger partial charge is 0.358 e. The van der Waals surface area contributed by atoms with Crippen LogP contribution in [0.25, 0.3) is 0 Å². The second-order valence-electron chi connectivity index (χ2n) is 4.85. The molecule has 22 heavy (non-hydrogen) atoms. The zero-order valence-electron chi connectivity index (χ0n) is 13.2. The van der Waals surface area contributed by atoms with E-state index in [1.807, 2.05) is 7.05 Å². The number of carboxylic acid groups (broad SMARTS) is 1.